The van der Waals surface area contributed by atoms with E-state index in [4.69, 9.17) is 4.52 Å². The molecule has 1 unspecified atom stereocenters. The number of nitrogens with zero attached hydrogens (tertiary/aromatic N) is 2. The summed E-state index contributed by atoms with van der Waals surface area (Å²) in [6.45, 7) is 1.41. The Labute approximate surface area is 110 Å². The van der Waals surface area contributed by atoms with E-state index in [1.165, 1.54) is 6.07 Å². The summed E-state index contributed by atoms with van der Waals surface area (Å²) in [5.74, 6) is -7.53. The summed E-state index contributed by atoms with van der Waals surface area (Å²) in [4.78, 5) is 12.0. The number of hydrogen-bond donors (Lipinski definition) is 0. The molecule has 1 saturated heterocycles. The maximum atomic E-state index is 13.1. The zero-order chi connectivity index (χ0) is 15.1. The fraction of sp³-hybridized carbons (Fsp3) is 0.636. The van der Waals surface area contributed by atoms with Crippen LogP contribution in [-0.2, 0) is 4.79 Å². The quantitative estimate of drug-likeness (QED) is 0.789. The molecule has 112 valence electrons. The van der Waals surface area contributed by atoms with Crippen molar-refractivity contribution in [3.63, 3.8) is 0 Å². The van der Waals surface area contributed by atoms with Crippen molar-refractivity contribution in [3.8, 4) is 0 Å². The second kappa shape index (κ2) is 4.71. The highest BCUT2D eigenvalue weighted by Gasteiger charge is 2.65. The van der Waals surface area contributed by atoms with Crippen molar-refractivity contribution in [2.24, 2.45) is 0 Å². The van der Waals surface area contributed by atoms with Crippen LogP contribution in [0.5, 0.6) is 0 Å². The number of hydrogen-bond acceptors (Lipinski definition) is 3. The first-order valence-electron chi connectivity index (χ1n) is 5.83. The molecule has 0 N–H and O–H groups in total. The molecule has 4 nitrogen and oxygen atoms in total. The third-order valence-electron chi connectivity index (χ3n) is 3.11. The van der Waals surface area contributed by atoms with Crippen LogP contribution in [0, 0.1) is 6.92 Å². The van der Waals surface area contributed by atoms with Crippen LogP contribution < -0.4 is 0 Å². The standard InChI is InChI=1S/C11H11F5N2O2/c1-6-5-8(20-17-6)7-3-2-4-18(7)9(19)10(12,13)11(14,15)16/h5,7H,2-4H2,1H3. The molecule has 1 atom stereocenters. The molecule has 0 spiro atoms. The van der Waals surface area contributed by atoms with E-state index >= 15 is 0 Å². The van der Waals surface area contributed by atoms with Gasteiger partial charge >= 0.3 is 18.0 Å². The normalized spacial score (nSPS) is 20.5. The Bertz CT molecular complexity index is 511. The van der Waals surface area contributed by atoms with Crippen LogP contribution in [0.3, 0.4) is 0 Å². The lowest BCUT2D eigenvalue weighted by Crippen LogP contribution is -2.51. The topological polar surface area (TPSA) is 46.3 Å². The summed E-state index contributed by atoms with van der Waals surface area (Å²) in [7, 11) is 0. The van der Waals surface area contributed by atoms with Gasteiger partial charge in [-0.05, 0) is 19.8 Å². The van der Waals surface area contributed by atoms with Gasteiger partial charge in [-0.2, -0.15) is 22.0 Å². The number of aryl methyl sites for hydroxylation is 1. The molecule has 0 saturated carbocycles. The van der Waals surface area contributed by atoms with Crippen molar-refractivity contribution in [2.75, 3.05) is 6.54 Å². The number of rotatable bonds is 2. The van der Waals surface area contributed by atoms with Crippen LogP contribution >= 0.6 is 0 Å². The van der Waals surface area contributed by atoms with Crippen LogP contribution in [0.2, 0.25) is 0 Å². The van der Waals surface area contributed by atoms with Gasteiger partial charge in [0.2, 0.25) is 0 Å². The van der Waals surface area contributed by atoms with E-state index in [1.54, 1.807) is 6.92 Å². The summed E-state index contributed by atoms with van der Waals surface area (Å²) >= 11 is 0. The summed E-state index contributed by atoms with van der Waals surface area (Å²) in [5, 5.41) is 3.54. The molecular weight excluding hydrogens is 287 g/mol. The van der Waals surface area contributed by atoms with Crippen LogP contribution in [0.25, 0.3) is 0 Å². The highest BCUT2D eigenvalue weighted by Crippen LogP contribution is 2.41. The van der Waals surface area contributed by atoms with Gasteiger partial charge in [-0.15, -0.1) is 0 Å². The zero-order valence-corrected chi connectivity index (χ0v) is 10.4. The average molecular weight is 298 g/mol. The minimum Gasteiger partial charge on any atom is -0.359 e. The molecule has 1 aliphatic heterocycles. The number of alkyl halides is 5. The molecule has 1 aromatic rings. The second-order valence-corrected chi connectivity index (χ2v) is 4.60. The molecule has 9 heteroatoms. The molecule has 0 radical (unpaired) electrons. The molecule has 20 heavy (non-hydrogen) atoms. The van der Waals surface area contributed by atoms with Crippen molar-refractivity contribution in [1.29, 1.82) is 0 Å². The number of carbonyl (C=O) groups is 1. The van der Waals surface area contributed by atoms with E-state index in [9.17, 15) is 26.7 Å². The lowest BCUT2D eigenvalue weighted by Gasteiger charge is -2.28. The van der Waals surface area contributed by atoms with E-state index in [0.29, 0.717) is 17.0 Å². The van der Waals surface area contributed by atoms with Gasteiger partial charge in [-0.1, -0.05) is 5.16 Å². The molecular formula is C11H11F5N2O2. The molecule has 2 heterocycles. The van der Waals surface area contributed by atoms with Gasteiger partial charge in [-0.3, -0.25) is 4.79 Å². The van der Waals surface area contributed by atoms with Gasteiger partial charge in [-0.25, -0.2) is 0 Å². The van der Waals surface area contributed by atoms with Gasteiger partial charge in [0, 0.05) is 12.6 Å². The number of likely N-dealkylation sites (tertiary alicyclic amines) is 1. The summed E-state index contributed by atoms with van der Waals surface area (Å²) in [5.41, 5.74) is 0.460. The number of carbonyl (C=O) groups excluding carboxylic acids is 1. The first kappa shape index (κ1) is 14.7. The molecule has 0 aromatic carbocycles. The molecule has 2 rings (SSSR count). The molecule has 1 fully saturated rings. The first-order valence-corrected chi connectivity index (χ1v) is 5.83. The Kier molecular flexibility index (Phi) is 3.47. The van der Waals surface area contributed by atoms with Crippen molar-refractivity contribution < 1.29 is 31.3 Å². The van der Waals surface area contributed by atoms with E-state index in [-0.39, 0.29) is 18.7 Å². The average Bonchev–Trinajstić information content (AvgIpc) is 2.94. The molecule has 0 bridgehead atoms. The Balaban J connectivity index is 2.25. The first-order chi connectivity index (χ1) is 9.14. The van der Waals surface area contributed by atoms with Gasteiger partial charge in [0.25, 0.3) is 0 Å². The predicted molar refractivity (Wildman–Crippen MR) is 55.9 cm³/mol. The van der Waals surface area contributed by atoms with Gasteiger partial charge < -0.3 is 9.42 Å². The fourth-order valence-electron chi connectivity index (χ4n) is 2.15. The van der Waals surface area contributed by atoms with Crippen molar-refractivity contribution in [3.05, 3.63) is 17.5 Å². The van der Waals surface area contributed by atoms with Crippen LogP contribution in [0.1, 0.15) is 30.3 Å². The molecule has 1 aliphatic rings. The Morgan fingerprint density at radius 2 is 2.05 bits per heavy atom. The number of aromatic nitrogens is 1. The van der Waals surface area contributed by atoms with Crippen molar-refractivity contribution >= 4 is 5.91 Å². The van der Waals surface area contributed by atoms with Gasteiger partial charge in [0.05, 0.1) is 11.7 Å². The summed E-state index contributed by atoms with van der Waals surface area (Å²) in [6, 6.07) is 0.485. The van der Waals surface area contributed by atoms with Crippen LogP contribution in [0.15, 0.2) is 10.6 Å². The number of amides is 1. The van der Waals surface area contributed by atoms with E-state index < -0.39 is 24.0 Å². The lowest BCUT2D eigenvalue weighted by molar-refractivity contribution is -0.274. The maximum absolute atomic E-state index is 13.1. The fourth-order valence-corrected chi connectivity index (χ4v) is 2.15. The minimum absolute atomic E-state index is 0.117. The predicted octanol–water partition coefficient (Wildman–Crippen LogP) is 2.84. The molecule has 1 aromatic heterocycles. The monoisotopic (exact) mass is 298 g/mol. The van der Waals surface area contributed by atoms with Gasteiger partial charge in [0.15, 0.2) is 5.76 Å². The Hall–Kier alpha value is -1.67. The largest absolute Gasteiger partial charge is 0.463 e. The maximum Gasteiger partial charge on any atom is 0.463 e. The smallest absolute Gasteiger partial charge is 0.359 e. The van der Waals surface area contributed by atoms with E-state index in [0.717, 1.165) is 0 Å². The summed E-state index contributed by atoms with van der Waals surface area (Å²) in [6.07, 6.45) is -5.33. The van der Waals surface area contributed by atoms with Gasteiger partial charge in [0.1, 0.15) is 0 Å². The Morgan fingerprint density at radius 1 is 1.40 bits per heavy atom. The number of halogens is 5. The Morgan fingerprint density at radius 3 is 2.55 bits per heavy atom. The minimum atomic E-state index is -5.91. The second-order valence-electron chi connectivity index (χ2n) is 4.60. The van der Waals surface area contributed by atoms with Crippen LogP contribution in [-0.4, -0.2) is 34.6 Å². The van der Waals surface area contributed by atoms with E-state index in [1.807, 2.05) is 0 Å². The molecule has 1 amide bonds. The lowest BCUT2D eigenvalue weighted by atomic mass is 10.1. The van der Waals surface area contributed by atoms with Crippen molar-refractivity contribution in [2.45, 2.75) is 37.9 Å². The highest BCUT2D eigenvalue weighted by atomic mass is 19.4. The van der Waals surface area contributed by atoms with Crippen molar-refractivity contribution in [1.82, 2.24) is 10.1 Å². The third-order valence-corrected chi connectivity index (χ3v) is 3.11. The van der Waals surface area contributed by atoms with Crippen LogP contribution in [0.4, 0.5) is 22.0 Å². The highest BCUT2D eigenvalue weighted by molar-refractivity contribution is 5.85. The molecule has 0 aliphatic carbocycles. The third kappa shape index (κ3) is 2.36. The van der Waals surface area contributed by atoms with E-state index in [2.05, 4.69) is 5.16 Å². The summed E-state index contributed by atoms with van der Waals surface area (Å²) < 4.78 is 67.8. The zero-order valence-electron chi connectivity index (χ0n) is 10.4. The SMILES string of the molecule is Cc1cc(C2CCCN2C(=O)C(F)(F)C(F)(F)F)on1.